The van der Waals surface area contributed by atoms with Gasteiger partial charge in [0.2, 0.25) is 0 Å². The average Bonchev–Trinajstić information content (AvgIpc) is 2.61. The van der Waals surface area contributed by atoms with Crippen LogP contribution in [0.5, 0.6) is 11.5 Å². The van der Waals surface area contributed by atoms with Crippen LogP contribution in [0.4, 0.5) is 17.6 Å². The van der Waals surface area contributed by atoms with Crippen LogP contribution in [0.25, 0.3) is 0 Å². The highest BCUT2D eigenvalue weighted by atomic mass is 35.5. The van der Waals surface area contributed by atoms with E-state index in [0.29, 0.717) is 24.1 Å². The van der Waals surface area contributed by atoms with Gasteiger partial charge in [-0.25, -0.2) is 4.39 Å². The van der Waals surface area contributed by atoms with Crippen LogP contribution in [0, 0.1) is 5.82 Å². The number of Topliss-reactive ketones (excluding diaryl/α,β-unsaturated/α-hetero) is 1. The minimum Gasteiger partial charge on any atom is -0.453 e. The summed E-state index contributed by atoms with van der Waals surface area (Å²) >= 11 is 5.74. The van der Waals surface area contributed by atoms with Gasteiger partial charge in [0.05, 0.1) is 10.6 Å². The summed E-state index contributed by atoms with van der Waals surface area (Å²) < 4.78 is 57.2. The van der Waals surface area contributed by atoms with E-state index < -0.39 is 28.3 Å². The molecule has 2 rings (SSSR count). The lowest BCUT2D eigenvalue weighted by Crippen LogP contribution is -2.06. The maximum Gasteiger partial charge on any atom is 0.416 e. The molecule has 0 radical (unpaired) electrons. The van der Waals surface area contributed by atoms with Crippen LogP contribution in [0.2, 0.25) is 5.02 Å². The highest BCUT2D eigenvalue weighted by molar-refractivity contribution is 6.32. The van der Waals surface area contributed by atoms with Crippen LogP contribution >= 0.6 is 11.6 Å². The first-order valence-corrected chi connectivity index (χ1v) is 8.97. The third kappa shape index (κ3) is 5.96. The summed E-state index contributed by atoms with van der Waals surface area (Å²) in [5.74, 6) is -1.55. The minimum absolute atomic E-state index is 0.00334. The van der Waals surface area contributed by atoms with Crippen LogP contribution in [0.1, 0.15) is 54.9 Å². The lowest BCUT2D eigenvalue weighted by atomic mass is 10.0. The van der Waals surface area contributed by atoms with Crippen molar-refractivity contribution in [1.29, 1.82) is 0 Å². The van der Waals surface area contributed by atoms with E-state index in [1.807, 2.05) is 0 Å². The van der Waals surface area contributed by atoms with Crippen LogP contribution in [-0.4, -0.2) is 5.78 Å². The van der Waals surface area contributed by atoms with Crippen LogP contribution in [0.3, 0.4) is 0 Å². The van der Waals surface area contributed by atoms with Crippen molar-refractivity contribution in [2.45, 2.75) is 45.2 Å². The molecule has 2 nitrogen and oxygen atoms in total. The lowest BCUT2D eigenvalue weighted by molar-refractivity contribution is -0.137. The van der Waals surface area contributed by atoms with Gasteiger partial charge in [0.15, 0.2) is 17.3 Å². The predicted octanol–water partition coefficient (Wildman–Crippen LogP) is 7.44. The Labute approximate surface area is 160 Å². The number of unbranched alkanes of at least 4 members (excludes halogenated alkanes) is 3. The Morgan fingerprint density at radius 1 is 1.07 bits per heavy atom. The van der Waals surface area contributed by atoms with Gasteiger partial charge < -0.3 is 4.74 Å². The second-order valence-corrected chi connectivity index (χ2v) is 6.53. The van der Waals surface area contributed by atoms with Crippen molar-refractivity contribution in [2.75, 3.05) is 0 Å². The highest BCUT2D eigenvalue weighted by Crippen LogP contribution is 2.38. The Balaban J connectivity index is 2.07. The first-order valence-electron chi connectivity index (χ1n) is 8.59. The van der Waals surface area contributed by atoms with Crippen LogP contribution in [-0.2, 0) is 6.18 Å². The molecule has 0 fully saturated rings. The molecule has 2 aromatic rings. The Kier molecular flexibility index (Phi) is 7.25. The van der Waals surface area contributed by atoms with E-state index in [4.69, 9.17) is 16.3 Å². The Bertz CT molecular complexity index is 763. The Hall–Kier alpha value is -2.08. The highest BCUT2D eigenvalue weighted by Gasteiger charge is 2.32. The fraction of sp³-hybridized carbons (Fsp3) is 0.350. The van der Waals surface area contributed by atoms with Gasteiger partial charge in [0.25, 0.3) is 0 Å². The third-order valence-corrected chi connectivity index (χ3v) is 4.26. The SMILES string of the molecule is CCCCCCC(=O)c1ccc(Oc2c(F)cc(C(F)(F)F)cc2Cl)cc1. The van der Waals surface area contributed by atoms with E-state index in [1.54, 1.807) is 0 Å². The number of hydrogen-bond acceptors (Lipinski definition) is 2. The van der Waals surface area contributed by atoms with E-state index in [-0.39, 0.29) is 11.5 Å². The maximum absolute atomic E-state index is 14.0. The smallest absolute Gasteiger partial charge is 0.416 e. The molecular weight excluding hydrogens is 384 g/mol. The number of carbonyl (C=O) groups is 1. The zero-order chi connectivity index (χ0) is 20.0. The Morgan fingerprint density at radius 2 is 1.74 bits per heavy atom. The normalized spacial score (nSPS) is 11.5. The number of benzene rings is 2. The molecule has 27 heavy (non-hydrogen) atoms. The van der Waals surface area contributed by atoms with Gasteiger partial charge in [0, 0.05) is 12.0 Å². The number of rotatable bonds is 8. The van der Waals surface area contributed by atoms with Gasteiger partial charge in [-0.2, -0.15) is 13.2 Å². The summed E-state index contributed by atoms with van der Waals surface area (Å²) in [7, 11) is 0. The largest absolute Gasteiger partial charge is 0.453 e. The molecule has 0 amide bonds. The molecule has 0 heterocycles. The van der Waals surface area contributed by atoms with E-state index >= 15 is 0 Å². The number of alkyl halides is 3. The number of carbonyl (C=O) groups excluding carboxylic acids is 1. The molecule has 7 heteroatoms. The van der Waals surface area contributed by atoms with Crippen LogP contribution in [0.15, 0.2) is 36.4 Å². The van der Waals surface area contributed by atoms with Gasteiger partial charge in [-0.05, 0) is 42.8 Å². The molecular formula is C20H19ClF4O2. The van der Waals surface area contributed by atoms with Crippen molar-refractivity contribution in [3.8, 4) is 11.5 Å². The van der Waals surface area contributed by atoms with E-state index in [2.05, 4.69) is 6.92 Å². The quantitative estimate of drug-likeness (QED) is 0.260. The fourth-order valence-corrected chi connectivity index (χ4v) is 2.75. The van der Waals surface area contributed by atoms with Crippen molar-refractivity contribution < 1.29 is 27.1 Å². The second kappa shape index (κ2) is 9.22. The van der Waals surface area contributed by atoms with E-state index in [9.17, 15) is 22.4 Å². The number of ether oxygens (including phenoxy) is 1. The second-order valence-electron chi connectivity index (χ2n) is 6.13. The molecule has 0 bridgehead atoms. The summed E-state index contributed by atoms with van der Waals surface area (Å²) in [6.07, 6.45) is -0.281. The molecule has 146 valence electrons. The topological polar surface area (TPSA) is 26.3 Å². The molecule has 0 aliphatic rings. The molecule has 0 unspecified atom stereocenters. The lowest BCUT2D eigenvalue weighted by Gasteiger charge is -2.12. The van der Waals surface area contributed by atoms with Crippen molar-refractivity contribution in [3.63, 3.8) is 0 Å². The van der Waals surface area contributed by atoms with Crippen molar-refractivity contribution in [2.24, 2.45) is 0 Å². The molecule has 0 spiro atoms. The molecule has 0 aliphatic heterocycles. The van der Waals surface area contributed by atoms with E-state index in [0.717, 1.165) is 25.7 Å². The monoisotopic (exact) mass is 402 g/mol. The summed E-state index contributed by atoms with van der Waals surface area (Å²) in [4.78, 5) is 12.1. The van der Waals surface area contributed by atoms with Gasteiger partial charge in [-0.1, -0.05) is 37.8 Å². The van der Waals surface area contributed by atoms with Crippen molar-refractivity contribution in [3.05, 3.63) is 58.4 Å². The molecule has 0 atom stereocenters. The number of ketones is 1. The fourth-order valence-electron chi connectivity index (χ4n) is 2.50. The molecule has 0 aromatic heterocycles. The summed E-state index contributed by atoms with van der Waals surface area (Å²) in [5.41, 5.74) is -0.695. The van der Waals surface area contributed by atoms with Crippen molar-refractivity contribution in [1.82, 2.24) is 0 Å². The van der Waals surface area contributed by atoms with E-state index in [1.165, 1.54) is 24.3 Å². The molecule has 2 aromatic carbocycles. The number of hydrogen-bond donors (Lipinski definition) is 0. The Morgan fingerprint density at radius 3 is 2.30 bits per heavy atom. The molecule has 0 aliphatic carbocycles. The standard InChI is InChI=1S/C20H19ClF4O2/c1-2-3-4-5-6-18(26)13-7-9-15(10-8-13)27-19-16(21)11-14(12-17(19)22)20(23,24)25/h7-12H,2-6H2,1H3. The minimum atomic E-state index is -4.71. The third-order valence-electron chi connectivity index (χ3n) is 3.98. The zero-order valence-corrected chi connectivity index (χ0v) is 15.5. The first-order chi connectivity index (χ1) is 12.7. The maximum atomic E-state index is 14.0. The number of halogens is 5. The summed E-state index contributed by atoms with van der Waals surface area (Å²) in [6.45, 7) is 2.09. The van der Waals surface area contributed by atoms with Gasteiger partial charge in [0.1, 0.15) is 5.75 Å². The first kappa shape index (κ1) is 21.2. The van der Waals surface area contributed by atoms with Crippen LogP contribution < -0.4 is 4.74 Å². The van der Waals surface area contributed by atoms with Crippen molar-refractivity contribution >= 4 is 17.4 Å². The molecule has 0 N–H and O–H groups in total. The summed E-state index contributed by atoms with van der Waals surface area (Å²) in [5, 5.41) is -0.488. The van der Waals surface area contributed by atoms with Gasteiger partial charge in [-0.15, -0.1) is 0 Å². The predicted molar refractivity (Wildman–Crippen MR) is 96.0 cm³/mol. The average molecular weight is 403 g/mol. The zero-order valence-electron chi connectivity index (χ0n) is 14.7. The molecule has 0 saturated carbocycles. The van der Waals surface area contributed by atoms with Gasteiger partial charge in [-0.3, -0.25) is 4.79 Å². The summed E-state index contributed by atoms with van der Waals surface area (Å²) in [6, 6.07) is 6.91. The van der Waals surface area contributed by atoms with Gasteiger partial charge >= 0.3 is 6.18 Å². The molecule has 0 saturated heterocycles.